The van der Waals surface area contributed by atoms with Gasteiger partial charge in [0.2, 0.25) is 5.16 Å². The predicted molar refractivity (Wildman–Crippen MR) is 86.9 cm³/mol. The van der Waals surface area contributed by atoms with Crippen molar-refractivity contribution in [3.05, 3.63) is 29.8 Å². The fraction of sp³-hybridized carbons (Fsp3) is 0.467. The lowest BCUT2D eigenvalue weighted by Crippen LogP contribution is -2.20. The Morgan fingerprint density at radius 1 is 1.35 bits per heavy atom. The van der Waals surface area contributed by atoms with Crippen LogP contribution >= 0.6 is 11.8 Å². The number of aliphatic hydroxyl groups is 1. The zero-order chi connectivity index (χ0) is 16.8. The molecule has 0 bridgehead atoms. The highest BCUT2D eigenvalue weighted by Gasteiger charge is 2.13. The second-order valence-corrected chi connectivity index (χ2v) is 6.34. The Morgan fingerprint density at radius 3 is 2.65 bits per heavy atom. The van der Waals surface area contributed by atoms with Gasteiger partial charge in [-0.3, -0.25) is 4.79 Å². The third kappa shape index (κ3) is 5.04. The average molecular weight is 336 g/mol. The summed E-state index contributed by atoms with van der Waals surface area (Å²) in [6.45, 7) is 5.66. The number of carbonyl (C=O) groups excluding carboxylic acids is 1. The SMILES string of the molecule is CC(=O)c1ccc(OCC(O)CSc2nnnn2C(C)C)cc1. The van der Waals surface area contributed by atoms with Crippen molar-refractivity contribution in [1.82, 2.24) is 20.2 Å². The highest BCUT2D eigenvalue weighted by molar-refractivity contribution is 7.99. The normalized spacial score (nSPS) is 12.4. The van der Waals surface area contributed by atoms with Gasteiger partial charge in [-0.05, 0) is 55.5 Å². The summed E-state index contributed by atoms with van der Waals surface area (Å²) in [4.78, 5) is 11.2. The van der Waals surface area contributed by atoms with Gasteiger partial charge in [0, 0.05) is 11.3 Å². The van der Waals surface area contributed by atoms with Gasteiger partial charge < -0.3 is 9.84 Å². The highest BCUT2D eigenvalue weighted by Crippen LogP contribution is 2.19. The number of hydrogen-bond donors (Lipinski definition) is 1. The molecule has 1 aromatic heterocycles. The van der Waals surface area contributed by atoms with Gasteiger partial charge >= 0.3 is 0 Å². The van der Waals surface area contributed by atoms with E-state index in [0.29, 0.717) is 22.2 Å². The van der Waals surface area contributed by atoms with Crippen LogP contribution in [-0.4, -0.2) is 49.6 Å². The lowest BCUT2D eigenvalue weighted by molar-refractivity contribution is 0.101. The van der Waals surface area contributed by atoms with E-state index in [9.17, 15) is 9.90 Å². The lowest BCUT2D eigenvalue weighted by Gasteiger charge is -2.12. The van der Waals surface area contributed by atoms with Crippen LogP contribution in [0.1, 0.15) is 37.2 Å². The summed E-state index contributed by atoms with van der Waals surface area (Å²) in [5.74, 6) is 1.06. The standard InChI is InChI=1S/C15H20N4O3S/c1-10(2)19-15(16-17-18-19)23-9-13(21)8-22-14-6-4-12(5-7-14)11(3)20/h4-7,10,13,21H,8-9H2,1-3H3. The molecule has 2 rings (SSSR count). The molecule has 1 aromatic carbocycles. The number of aliphatic hydroxyl groups excluding tert-OH is 1. The fourth-order valence-corrected chi connectivity index (χ4v) is 2.71. The number of ether oxygens (including phenoxy) is 1. The van der Waals surface area contributed by atoms with E-state index < -0.39 is 6.10 Å². The summed E-state index contributed by atoms with van der Waals surface area (Å²) >= 11 is 1.38. The van der Waals surface area contributed by atoms with E-state index in [1.807, 2.05) is 13.8 Å². The van der Waals surface area contributed by atoms with Crippen LogP contribution in [0.25, 0.3) is 0 Å². The fourth-order valence-electron chi connectivity index (χ4n) is 1.80. The largest absolute Gasteiger partial charge is 0.491 e. The Morgan fingerprint density at radius 2 is 2.04 bits per heavy atom. The second kappa shape index (κ2) is 8.07. The highest BCUT2D eigenvalue weighted by atomic mass is 32.2. The van der Waals surface area contributed by atoms with Gasteiger partial charge in [0.15, 0.2) is 5.78 Å². The third-order valence-corrected chi connectivity index (χ3v) is 4.14. The Bertz CT molecular complexity index is 642. The first kappa shape index (κ1) is 17.4. The lowest BCUT2D eigenvalue weighted by atomic mass is 10.1. The van der Waals surface area contributed by atoms with E-state index in [4.69, 9.17) is 4.74 Å². The first-order valence-corrected chi connectivity index (χ1v) is 8.28. The first-order chi connectivity index (χ1) is 11.0. The maximum absolute atomic E-state index is 11.2. The molecule has 1 unspecified atom stereocenters. The van der Waals surface area contributed by atoms with Crippen LogP contribution in [0.5, 0.6) is 5.75 Å². The number of ketones is 1. The Labute approximate surface area is 139 Å². The molecule has 0 aliphatic carbocycles. The maximum Gasteiger partial charge on any atom is 0.209 e. The molecule has 23 heavy (non-hydrogen) atoms. The van der Waals surface area contributed by atoms with Crippen molar-refractivity contribution in [3.63, 3.8) is 0 Å². The molecule has 0 fully saturated rings. The maximum atomic E-state index is 11.2. The Kier molecular flexibility index (Phi) is 6.12. The first-order valence-electron chi connectivity index (χ1n) is 7.30. The molecule has 1 atom stereocenters. The molecular weight excluding hydrogens is 316 g/mol. The van der Waals surface area contributed by atoms with Crippen molar-refractivity contribution < 1.29 is 14.6 Å². The zero-order valence-corrected chi connectivity index (χ0v) is 14.2. The topological polar surface area (TPSA) is 90.1 Å². The van der Waals surface area contributed by atoms with E-state index in [1.54, 1.807) is 28.9 Å². The van der Waals surface area contributed by atoms with Gasteiger partial charge in [-0.15, -0.1) is 5.10 Å². The average Bonchev–Trinajstić information content (AvgIpc) is 3.00. The molecule has 0 aliphatic rings. The minimum Gasteiger partial charge on any atom is -0.491 e. The van der Waals surface area contributed by atoms with Gasteiger partial charge in [-0.25, -0.2) is 4.68 Å². The summed E-state index contributed by atoms with van der Waals surface area (Å²) < 4.78 is 7.22. The van der Waals surface area contributed by atoms with E-state index in [0.717, 1.165) is 0 Å². The van der Waals surface area contributed by atoms with E-state index in [2.05, 4.69) is 15.5 Å². The Balaban J connectivity index is 1.79. The summed E-state index contributed by atoms with van der Waals surface area (Å²) in [5.41, 5.74) is 0.633. The molecule has 124 valence electrons. The molecule has 1 N–H and O–H groups in total. The van der Waals surface area contributed by atoms with Crippen LogP contribution in [0.2, 0.25) is 0 Å². The minimum atomic E-state index is -0.648. The number of nitrogens with zero attached hydrogens (tertiary/aromatic N) is 4. The third-order valence-electron chi connectivity index (χ3n) is 3.06. The summed E-state index contributed by atoms with van der Waals surface area (Å²) in [5, 5.41) is 22.2. The van der Waals surface area contributed by atoms with Crippen molar-refractivity contribution in [2.45, 2.75) is 38.1 Å². The monoisotopic (exact) mass is 336 g/mol. The number of tetrazole rings is 1. The van der Waals surface area contributed by atoms with Gasteiger partial charge in [0.1, 0.15) is 12.4 Å². The van der Waals surface area contributed by atoms with Gasteiger partial charge in [0.05, 0.1) is 12.1 Å². The van der Waals surface area contributed by atoms with Crippen LogP contribution in [-0.2, 0) is 0 Å². The van der Waals surface area contributed by atoms with Crippen LogP contribution in [0.15, 0.2) is 29.4 Å². The number of thioether (sulfide) groups is 1. The number of carbonyl (C=O) groups is 1. The van der Waals surface area contributed by atoms with Crippen molar-refractivity contribution >= 4 is 17.5 Å². The molecule has 0 aliphatic heterocycles. The predicted octanol–water partition coefficient (Wildman–Crippen LogP) is 1.99. The van der Waals surface area contributed by atoms with Crippen molar-refractivity contribution in [2.75, 3.05) is 12.4 Å². The molecule has 2 aromatic rings. The molecule has 0 amide bonds. The van der Waals surface area contributed by atoms with Gasteiger partial charge in [0.25, 0.3) is 0 Å². The number of hydrogen-bond acceptors (Lipinski definition) is 7. The second-order valence-electron chi connectivity index (χ2n) is 5.36. The number of rotatable bonds is 8. The van der Waals surface area contributed by atoms with Crippen LogP contribution in [0.3, 0.4) is 0 Å². The number of Topliss-reactive ketones (excluding diaryl/α,β-unsaturated/α-hetero) is 1. The van der Waals surface area contributed by atoms with Gasteiger partial charge in [-0.2, -0.15) is 0 Å². The number of aromatic nitrogens is 4. The van der Waals surface area contributed by atoms with E-state index in [-0.39, 0.29) is 18.4 Å². The molecule has 7 nitrogen and oxygen atoms in total. The summed E-state index contributed by atoms with van der Waals surface area (Å²) in [7, 11) is 0. The van der Waals surface area contributed by atoms with Gasteiger partial charge in [-0.1, -0.05) is 11.8 Å². The smallest absolute Gasteiger partial charge is 0.209 e. The summed E-state index contributed by atoms with van der Waals surface area (Å²) in [6, 6.07) is 7.01. The van der Waals surface area contributed by atoms with Crippen LogP contribution in [0.4, 0.5) is 0 Å². The number of benzene rings is 1. The molecule has 0 saturated heterocycles. The molecule has 0 spiro atoms. The molecule has 0 saturated carbocycles. The molecule has 8 heteroatoms. The summed E-state index contributed by atoms with van der Waals surface area (Å²) in [6.07, 6.45) is -0.648. The van der Waals surface area contributed by atoms with Crippen molar-refractivity contribution in [1.29, 1.82) is 0 Å². The Hall–Kier alpha value is -1.93. The zero-order valence-electron chi connectivity index (χ0n) is 13.3. The van der Waals surface area contributed by atoms with Crippen LogP contribution < -0.4 is 4.74 Å². The van der Waals surface area contributed by atoms with Crippen molar-refractivity contribution in [3.8, 4) is 5.75 Å². The minimum absolute atomic E-state index is 0.0101. The molecule has 1 heterocycles. The molecule has 0 radical (unpaired) electrons. The van der Waals surface area contributed by atoms with E-state index >= 15 is 0 Å². The van der Waals surface area contributed by atoms with Crippen molar-refractivity contribution in [2.24, 2.45) is 0 Å². The molecular formula is C15H20N4O3S. The van der Waals surface area contributed by atoms with E-state index in [1.165, 1.54) is 18.7 Å². The quantitative estimate of drug-likeness (QED) is 0.582. The van der Waals surface area contributed by atoms with Crippen LogP contribution in [0, 0.1) is 0 Å².